The predicted octanol–water partition coefficient (Wildman–Crippen LogP) is 3.44. The lowest BCUT2D eigenvalue weighted by Crippen LogP contribution is -2.01. The number of nitrogens with zero attached hydrogens (tertiary/aromatic N) is 2. The number of nitro groups is 1. The molecule has 0 aromatic carbocycles. The van der Waals surface area contributed by atoms with Crippen molar-refractivity contribution in [1.29, 1.82) is 0 Å². The second kappa shape index (κ2) is 5.18. The highest BCUT2D eigenvalue weighted by Crippen LogP contribution is 2.31. The number of rotatable bonds is 4. The maximum absolute atomic E-state index is 10.9. The van der Waals surface area contributed by atoms with E-state index < -0.39 is 4.92 Å². The van der Waals surface area contributed by atoms with Gasteiger partial charge in [-0.15, -0.1) is 0 Å². The van der Waals surface area contributed by atoms with Gasteiger partial charge in [0.25, 0.3) is 5.69 Å². The number of pyridine rings is 1. The topological polar surface area (TPSA) is 81.2 Å². The molecule has 0 fully saturated rings. The molecule has 2 aromatic rings. The number of hydrogen-bond donors (Lipinski definition) is 1. The van der Waals surface area contributed by atoms with E-state index >= 15 is 0 Å². The minimum Gasteiger partial charge on any atom is -0.461 e. The average molecular weight is 312 g/mol. The highest BCUT2D eigenvalue weighted by Gasteiger charge is 2.15. The first-order chi connectivity index (χ1) is 8.61. The van der Waals surface area contributed by atoms with E-state index in [1.807, 2.05) is 6.92 Å². The fourth-order valence-corrected chi connectivity index (χ4v) is 1.89. The summed E-state index contributed by atoms with van der Waals surface area (Å²) in [5.74, 6) is 0.919. The van der Waals surface area contributed by atoms with E-state index in [1.165, 1.54) is 18.4 Å². The average Bonchev–Trinajstić information content (AvgIpc) is 2.75. The maximum Gasteiger partial charge on any atom is 0.275 e. The fourth-order valence-electron chi connectivity index (χ4n) is 1.49. The van der Waals surface area contributed by atoms with Gasteiger partial charge in [0.15, 0.2) is 5.76 Å². The molecule has 0 radical (unpaired) electrons. The Morgan fingerprint density at radius 1 is 1.56 bits per heavy atom. The monoisotopic (exact) mass is 311 g/mol. The van der Waals surface area contributed by atoms with Crippen LogP contribution in [0.15, 0.2) is 33.4 Å². The minimum absolute atomic E-state index is 0.0285. The highest BCUT2D eigenvalue weighted by atomic mass is 79.9. The Kier molecular flexibility index (Phi) is 3.61. The molecular formula is C11H10BrN3O3. The van der Waals surface area contributed by atoms with Gasteiger partial charge in [-0.1, -0.05) is 0 Å². The summed E-state index contributed by atoms with van der Waals surface area (Å²) in [7, 11) is 0. The van der Waals surface area contributed by atoms with Crippen LogP contribution >= 0.6 is 15.9 Å². The van der Waals surface area contributed by atoms with Gasteiger partial charge in [-0.25, -0.2) is 4.98 Å². The zero-order valence-electron chi connectivity index (χ0n) is 9.51. The van der Waals surface area contributed by atoms with Gasteiger partial charge in [-0.05, 0) is 28.9 Å². The summed E-state index contributed by atoms with van der Waals surface area (Å²) in [5, 5.41) is 13.8. The van der Waals surface area contributed by atoms with Crippen molar-refractivity contribution in [3.05, 3.63) is 39.0 Å². The zero-order chi connectivity index (χ0) is 13.1. The second-order valence-electron chi connectivity index (χ2n) is 3.48. The predicted molar refractivity (Wildman–Crippen MR) is 70.5 cm³/mol. The number of nitrogens with one attached hydrogen (secondary N) is 1. The smallest absolute Gasteiger partial charge is 0.275 e. The summed E-state index contributed by atoms with van der Waals surface area (Å²) in [6, 6.07) is 4.48. The lowest BCUT2D eigenvalue weighted by atomic mass is 10.2. The van der Waals surface area contributed by atoms with Gasteiger partial charge in [0.05, 0.1) is 21.7 Å². The van der Waals surface area contributed by atoms with Gasteiger partial charge in [0, 0.05) is 12.6 Å². The van der Waals surface area contributed by atoms with Crippen LogP contribution in [0.25, 0.3) is 11.5 Å². The summed E-state index contributed by atoms with van der Waals surface area (Å²) in [5.41, 5.74) is 0.385. The van der Waals surface area contributed by atoms with Crippen molar-refractivity contribution in [3.63, 3.8) is 0 Å². The van der Waals surface area contributed by atoms with E-state index in [0.717, 1.165) is 0 Å². The zero-order valence-corrected chi connectivity index (χ0v) is 11.1. The molecule has 6 nitrogen and oxygen atoms in total. The Morgan fingerprint density at radius 3 is 2.89 bits per heavy atom. The Hall–Kier alpha value is -1.89. The van der Waals surface area contributed by atoms with E-state index in [1.54, 1.807) is 6.07 Å². The third-order valence-electron chi connectivity index (χ3n) is 2.23. The van der Waals surface area contributed by atoms with Crippen molar-refractivity contribution in [3.8, 4) is 11.5 Å². The van der Waals surface area contributed by atoms with Crippen molar-refractivity contribution in [2.45, 2.75) is 6.92 Å². The van der Waals surface area contributed by atoms with Crippen LogP contribution in [0.4, 0.5) is 11.5 Å². The van der Waals surface area contributed by atoms with Crippen molar-refractivity contribution in [2.75, 3.05) is 11.9 Å². The Bertz CT molecular complexity index is 583. The van der Waals surface area contributed by atoms with Crippen molar-refractivity contribution < 1.29 is 9.34 Å². The third-order valence-corrected chi connectivity index (χ3v) is 2.85. The first kappa shape index (κ1) is 12.6. The molecule has 0 unspecified atom stereocenters. The molecule has 7 heteroatoms. The molecule has 0 saturated carbocycles. The molecule has 0 atom stereocenters. The molecule has 0 amide bonds. The summed E-state index contributed by atoms with van der Waals surface area (Å²) >= 11 is 3.30. The third kappa shape index (κ3) is 2.51. The van der Waals surface area contributed by atoms with Crippen LogP contribution in [0, 0.1) is 10.1 Å². The maximum atomic E-state index is 10.9. The van der Waals surface area contributed by atoms with Crippen molar-refractivity contribution in [2.24, 2.45) is 0 Å². The Labute approximate surface area is 111 Å². The lowest BCUT2D eigenvalue weighted by molar-refractivity contribution is -0.384. The molecular weight excluding hydrogens is 302 g/mol. The number of hydrogen-bond acceptors (Lipinski definition) is 5. The van der Waals surface area contributed by atoms with Crippen molar-refractivity contribution >= 4 is 27.4 Å². The molecule has 2 aromatic heterocycles. The van der Waals surface area contributed by atoms with Gasteiger partial charge < -0.3 is 9.73 Å². The molecule has 0 bridgehead atoms. The molecule has 2 rings (SSSR count). The first-order valence-corrected chi connectivity index (χ1v) is 6.05. The summed E-state index contributed by atoms with van der Waals surface area (Å²) < 4.78 is 5.96. The summed E-state index contributed by atoms with van der Waals surface area (Å²) in [6.07, 6.45) is 1.49. The fraction of sp³-hybridized carbons (Fsp3) is 0.182. The van der Waals surface area contributed by atoms with E-state index in [4.69, 9.17) is 4.42 Å². The molecule has 0 aliphatic rings. The highest BCUT2D eigenvalue weighted by molar-refractivity contribution is 9.10. The van der Waals surface area contributed by atoms with Gasteiger partial charge in [0.1, 0.15) is 11.5 Å². The van der Waals surface area contributed by atoms with Gasteiger partial charge in [-0.2, -0.15) is 0 Å². The number of aromatic nitrogens is 1. The first-order valence-electron chi connectivity index (χ1n) is 5.25. The van der Waals surface area contributed by atoms with Crippen LogP contribution in [0.2, 0.25) is 0 Å². The van der Waals surface area contributed by atoms with Crippen LogP contribution in [0.5, 0.6) is 0 Å². The molecule has 2 heterocycles. The molecule has 18 heavy (non-hydrogen) atoms. The minimum atomic E-state index is -0.455. The van der Waals surface area contributed by atoms with Crippen LogP contribution < -0.4 is 5.32 Å². The molecule has 0 saturated heterocycles. The van der Waals surface area contributed by atoms with Gasteiger partial charge >= 0.3 is 0 Å². The summed E-state index contributed by atoms with van der Waals surface area (Å²) in [4.78, 5) is 14.7. The molecule has 1 N–H and O–H groups in total. The van der Waals surface area contributed by atoms with Gasteiger partial charge in [-0.3, -0.25) is 10.1 Å². The Balaban J connectivity index is 2.53. The largest absolute Gasteiger partial charge is 0.461 e. The van der Waals surface area contributed by atoms with Crippen LogP contribution in [0.3, 0.4) is 0 Å². The molecule has 0 aliphatic heterocycles. The second-order valence-corrected chi connectivity index (χ2v) is 4.34. The Morgan fingerprint density at radius 2 is 2.33 bits per heavy atom. The van der Waals surface area contributed by atoms with Crippen LogP contribution in [-0.2, 0) is 0 Å². The normalized spacial score (nSPS) is 10.3. The van der Waals surface area contributed by atoms with E-state index in [0.29, 0.717) is 28.3 Å². The number of anilines is 1. The number of halogens is 1. The van der Waals surface area contributed by atoms with Gasteiger partial charge in [0.2, 0.25) is 0 Å². The lowest BCUT2D eigenvalue weighted by Gasteiger charge is -2.04. The quantitative estimate of drug-likeness (QED) is 0.691. The number of furan rings is 1. The van der Waals surface area contributed by atoms with Crippen LogP contribution in [0.1, 0.15) is 6.92 Å². The molecule has 0 spiro atoms. The SMILES string of the molecule is CCNc1cc([N+](=O)[O-])cc(-c2occc2Br)n1. The molecule has 94 valence electrons. The summed E-state index contributed by atoms with van der Waals surface area (Å²) in [6.45, 7) is 2.52. The van der Waals surface area contributed by atoms with E-state index in [9.17, 15) is 10.1 Å². The van der Waals surface area contributed by atoms with E-state index in [-0.39, 0.29) is 5.69 Å². The molecule has 0 aliphatic carbocycles. The van der Waals surface area contributed by atoms with Crippen LogP contribution in [-0.4, -0.2) is 16.5 Å². The van der Waals surface area contributed by atoms with E-state index in [2.05, 4.69) is 26.2 Å². The standard InChI is InChI=1S/C11H10BrN3O3/c1-2-13-10-6-7(15(16)17)5-9(14-10)11-8(12)3-4-18-11/h3-6H,2H2,1H3,(H,13,14). The van der Waals surface area contributed by atoms with Crippen molar-refractivity contribution in [1.82, 2.24) is 4.98 Å².